The van der Waals surface area contributed by atoms with Gasteiger partial charge in [0.15, 0.2) is 12.4 Å². The highest BCUT2D eigenvalue weighted by Gasteiger charge is 2.31. The molecule has 0 aliphatic heterocycles. The van der Waals surface area contributed by atoms with Crippen molar-refractivity contribution < 1.29 is 9.30 Å². The van der Waals surface area contributed by atoms with Gasteiger partial charge >= 0.3 is 0 Å². The molecular formula is C39H36BNO. The summed E-state index contributed by atoms with van der Waals surface area (Å²) >= 11 is 0. The summed E-state index contributed by atoms with van der Waals surface area (Å²) < 4.78 is 7.14. The molecule has 6 rings (SSSR count). The van der Waals surface area contributed by atoms with Gasteiger partial charge in [0.2, 0.25) is 0 Å². The Hall–Kier alpha value is -5.15. The summed E-state index contributed by atoms with van der Waals surface area (Å²) in [6.45, 7) is 0. The molecule has 0 N–H and O–H groups in total. The monoisotopic (exact) mass is 545 g/mol. The van der Waals surface area contributed by atoms with Crippen LogP contribution in [0.15, 0.2) is 170 Å². The molecule has 0 fully saturated rings. The number of aromatic nitrogens is 1. The van der Waals surface area contributed by atoms with E-state index in [0.29, 0.717) is 0 Å². The Bertz CT molecular complexity index is 1500. The van der Waals surface area contributed by atoms with Crippen molar-refractivity contribution in [2.45, 2.75) is 0 Å². The maximum absolute atomic E-state index is 5.12. The van der Waals surface area contributed by atoms with Crippen LogP contribution in [0.25, 0.3) is 12.2 Å². The van der Waals surface area contributed by atoms with Gasteiger partial charge in [-0.25, -0.2) is 4.57 Å². The number of pyridine rings is 1. The topological polar surface area (TPSA) is 13.1 Å². The standard InChI is InChI=1S/C24H20B.C15H16NO/c1-5-13-21(14-6-1)25(22-15-7-2-8-16-22,23-17-9-3-10-18-23)24-19-11-4-12-20-24;1-16-11-9-14(10-12-16)4-3-13-5-7-15(17-2)8-6-13/h1-20H;3-12H,1-2H3/q-1;+1/b;4-3+. The van der Waals surface area contributed by atoms with E-state index >= 15 is 0 Å². The zero-order valence-electron chi connectivity index (χ0n) is 24.3. The van der Waals surface area contributed by atoms with Crippen LogP contribution in [0.1, 0.15) is 11.1 Å². The van der Waals surface area contributed by atoms with Crippen LogP contribution in [-0.2, 0) is 7.05 Å². The summed E-state index contributed by atoms with van der Waals surface area (Å²) in [4.78, 5) is 0. The second kappa shape index (κ2) is 14.0. The largest absolute Gasteiger partial charge is 0.497 e. The number of rotatable bonds is 7. The lowest BCUT2D eigenvalue weighted by Crippen LogP contribution is -2.74. The van der Waals surface area contributed by atoms with Crippen LogP contribution >= 0.6 is 0 Å². The molecule has 0 spiro atoms. The summed E-state index contributed by atoms with van der Waals surface area (Å²) in [6, 6.07) is 55.7. The Morgan fingerprint density at radius 1 is 0.452 bits per heavy atom. The van der Waals surface area contributed by atoms with Crippen molar-refractivity contribution >= 4 is 40.1 Å². The lowest BCUT2D eigenvalue weighted by atomic mass is 9.13. The van der Waals surface area contributed by atoms with E-state index in [4.69, 9.17) is 4.74 Å². The molecule has 0 amide bonds. The Kier molecular flexibility index (Phi) is 9.44. The van der Waals surface area contributed by atoms with Gasteiger partial charge in [-0.05, 0) is 23.3 Å². The SMILES string of the molecule is COc1ccc(/C=C/c2cc[n+](C)cc2)cc1.c1ccc([B-](c2ccccc2)(c2ccccc2)c2ccccc2)cc1. The fraction of sp³-hybridized carbons (Fsp3) is 0.0513. The number of hydrogen-bond donors (Lipinski definition) is 0. The number of hydrogen-bond acceptors (Lipinski definition) is 1. The summed E-state index contributed by atoms with van der Waals surface area (Å²) in [6.07, 6.45) is 7.05. The molecule has 3 heteroatoms. The molecule has 0 bridgehead atoms. The molecule has 5 aromatic carbocycles. The molecule has 206 valence electrons. The highest BCUT2D eigenvalue weighted by Crippen LogP contribution is 2.14. The summed E-state index contributed by atoms with van der Waals surface area (Å²) in [5, 5.41) is 0. The molecule has 6 aromatic rings. The Labute approximate surface area is 250 Å². The predicted octanol–water partition coefficient (Wildman–Crippen LogP) is 5.75. The second-order valence-electron chi connectivity index (χ2n) is 10.4. The molecule has 1 aromatic heterocycles. The minimum Gasteiger partial charge on any atom is -0.497 e. The molecule has 0 radical (unpaired) electrons. The number of methoxy groups -OCH3 is 1. The third-order valence-corrected chi connectivity index (χ3v) is 7.79. The van der Waals surface area contributed by atoms with E-state index in [1.54, 1.807) is 7.11 Å². The van der Waals surface area contributed by atoms with Gasteiger partial charge in [-0.2, -0.15) is 21.9 Å². The second-order valence-corrected chi connectivity index (χ2v) is 10.4. The molecular weight excluding hydrogens is 509 g/mol. The third-order valence-electron chi connectivity index (χ3n) is 7.79. The van der Waals surface area contributed by atoms with E-state index in [9.17, 15) is 0 Å². The van der Waals surface area contributed by atoms with Crippen LogP contribution in [0.5, 0.6) is 5.75 Å². The van der Waals surface area contributed by atoms with Crippen LogP contribution in [-0.4, -0.2) is 13.3 Å². The number of benzene rings is 5. The van der Waals surface area contributed by atoms with Gasteiger partial charge in [0.05, 0.1) is 7.11 Å². The van der Waals surface area contributed by atoms with Crippen molar-refractivity contribution in [2.24, 2.45) is 7.05 Å². The van der Waals surface area contributed by atoms with Crippen LogP contribution in [0, 0.1) is 0 Å². The minimum absolute atomic E-state index is 0.883. The maximum atomic E-state index is 5.12. The fourth-order valence-electron chi connectivity index (χ4n) is 5.65. The van der Waals surface area contributed by atoms with Crippen molar-refractivity contribution in [3.05, 3.63) is 181 Å². The van der Waals surface area contributed by atoms with Gasteiger partial charge in [0.25, 0.3) is 0 Å². The quantitative estimate of drug-likeness (QED) is 0.184. The van der Waals surface area contributed by atoms with E-state index in [0.717, 1.165) is 5.75 Å². The first-order chi connectivity index (χ1) is 20.7. The van der Waals surface area contributed by atoms with Crippen molar-refractivity contribution in [3.63, 3.8) is 0 Å². The van der Waals surface area contributed by atoms with E-state index in [1.165, 1.54) is 33.0 Å². The van der Waals surface area contributed by atoms with E-state index in [-0.39, 0.29) is 0 Å². The van der Waals surface area contributed by atoms with E-state index in [1.807, 2.05) is 48.3 Å². The van der Waals surface area contributed by atoms with Crippen LogP contribution in [0.3, 0.4) is 0 Å². The van der Waals surface area contributed by atoms with Crippen molar-refractivity contribution in [1.82, 2.24) is 0 Å². The smallest absolute Gasteiger partial charge is 0.169 e. The van der Waals surface area contributed by atoms with Gasteiger partial charge in [0.1, 0.15) is 18.9 Å². The van der Waals surface area contributed by atoms with Gasteiger partial charge in [-0.1, -0.05) is 146 Å². The number of nitrogens with zero attached hydrogens (tertiary/aromatic N) is 1. The number of aryl methyl sites for hydroxylation is 1. The summed E-state index contributed by atoms with van der Waals surface area (Å²) in [5.41, 5.74) is 7.72. The highest BCUT2D eigenvalue weighted by atomic mass is 16.5. The maximum Gasteiger partial charge on any atom is 0.169 e. The average Bonchev–Trinajstić information content (AvgIpc) is 3.07. The molecule has 0 saturated heterocycles. The van der Waals surface area contributed by atoms with Crippen LogP contribution in [0.2, 0.25) is 0 Å². The zero-order valence-corrected chi connectivity index (χ0v) is 24.3. The normalized spacial score (nSPS) is 11.0. The van der Waals surface area contributed by atoms with Gasteiger partial charge < -0.3 is 4.74 Å². The van der Waals surface area contributed by atoms with Crippen LogP contribution in [0.4, 0.5) is 0 Å². The van der Waals surface area contributed by atoms with Crippen molar-refractivity contribution in [1.29, 1.82) is 0 Å². The van der Waals surface area contributed by atoms with Gasteiger partial charge in [-0.15, -0.1) is 0 Å². The summed E-state index contributed by atoms with van der Waals surface area (Å²) in [5.74, 6) is 0.883. The molecule has 0 aliphatic rings. The minimum atomic E-state index is -1.22. The number of ether oxygens (including phenoxy) is 1. The molecule has 0 unspecified atom stereocenters. The third kappa shape index (κ3) is 6.59. The van der Waals surface area contributed by atoms with E-state index < -0.39 is 6.15 Å². The Morgan fingerprint density at radius 2 is 0.786 bits per heavy atom. The van der Waals surface area contributed by atoms with E-state index in [2.05, 4.69) is 146 Å². The Morgan fingerprint density at radius 3 is 1.12 bits per heavy atom. The summed E-state index contributed by atoms with van der Waals surface area (Å²) in [7, 11) is 3.69. The van der Waals surface area contributed by atoms with Crippen LogP contribution < -0.4 is 31.2 Å². The van der Waals surface area contributed by atoms with Crippen molar-refractivity contribution in [2.75, 3.05) is 7.11 Å². The van der Waals surface area contributed by atoms with Crippen molar-refractivity contribution in [3.8, 4) is 5.75 Å². The Balaban J connectivity index is 0.000000181. The van der Waals surface area contributed by atoms with Gasteiger partial charge in [0, 0.05) is 12.1 Å². The lowest BCUT2D eigenvalue weighted by molar-refractivity contribution is -0.671. The highest BCUT2D eigenvalue weighted by molar-refractivity contribution is 7.19. The zero-order chi connectivity index (χ0) is 29.0. The molecule has 0 saturated carbocycles. The molecule has 0 aliphatic carbocycles. The average molecular weight is 546 g/mol. The fourth-order valence-corrected chi connectivity index (χ4v) is 5.65. The molecule has 0 atom stereocenters. The molecule has 42 heavy (non-hydrogen) atoms. The first kappa shape index (κ1) is 28.4. The molecule has 1 heterocycles. The predicted molar refractivity (Wildman–Crippen MR) is 180 cm³/mol. The first-order valence-electron chi connectivity index (χ1n) is 14.3. The van der Waals surface area contributed by atoms with Gasteiger partial charge in [-0.3, -0.25) is 0 Å². The lowest BCUT2D eigenvalue weighted by Gasteiger charge is -2.44. The first-order valence-corrected chi connectivity index (χ1v) is 14.3. The molecule has 2 nitrogen and oxygen atoms in total.